The predicted octanol–water partition coefficient (Wildman–Crippen LogP) is 5.70. The Morgan fingerprint density at radius 1 is 1.26 bits per heavy atom. The van der Waals surface area contributed by atoms with Gasteiger partial charge in [-0.05, 0) is 59.7 Å². The van der Waals surface area contributed by atoms with Gasteiger partial charge in [0.1, 0.15) is 10.8 Å². The van der Waals surface area contributed by atoms with E-state index < -0.39 is 4.92 Å². The quantitative estimate of drug-likeness (QED) is 0.247. The number of aromatic nitrogens is 1. The predicted molar refractivity (Wildman–Crippen MR) is 128 cm³/mol. The molecule has 1 aliphatic rings. The van der Waals surface area contributed by atoms with E-state index in [0.29, 0.717) is 29.9 Å². The van der Waals surface area contributed by atoms with Crippen LogP contribution in [-0.2, 0) is 0 Å². The fraction of sp³-hybridized carbons (Fsp3) is 0.238. The molecular weight excluding hydrogens is 553 g/mol. The molecule has 1 aromatic heterocycles. The maximum Gasteiger partial charge on any atom is 0.288 e. The first-order valence-electron chi connectivity index (χ1n) is 9.51. The molecule has 0 radical (unpaired) electrons. The van der Waals surface area contributed by atoms with Crippen LogP contribution in [0.4, 0.5) is 5.69 Å². The average Bonchev–Trinajstić information content (AvgIpc) is 3.25. The number of phenols is 1. The van der Waals surface area contributed by atoms with Crippen LogP contribution in [0.1, 0.15) is 34.1 Å². The molecule has 2 heterocycles. The molecule has 1 fully saturated rings. The van der Waals surface area contributed by atoms with E-state index in [9.17, 15) is 20.0 Å². The van der Waals surface area contributed by atoms with Gasteiger partial charge < -0.3 is 10.0 Å². The van der Waals surface area contributed by atoms with Crippen molar-refractivity contribution in [2.75, 3.05) is 13.1 Å². The third kappa shape index (κ3) is 4.68. The van der Waals surface area contributed by atoms with Gasteiger partial charge in [-0.25, -0.2) is 4.98 Å². The lowest BCUT2D eigenvalue weighted by molar-refractivity contribution is -0.384. The minimum atomic E-state index is -0.500. The second-order valence-corrected chi connectivity index (χ2v) is 9.68. The Morgan fingerprint density at radius 3 is 2.71 bits per heavy atom. The number of nitro groups is 1. The Morgan fingerprint density at radius 2 is 2.00 bits per heavy atom. The molecule has 1 aliphatic heterocycles. The summed E-state index contributed by atoms with van der Waals surface area (Å²) in [5.41, 5.74) is 1.72. The zero-order chi connectivity index (χ0) is 22.1. The maximum atomic E-state index is 12.9. The van der Waals surface area contributed by atoms with Gasteiger partial charge in [-0.3, -0.25) is 14.9 Å². The van der Waals surface area contributed by atoms with Crippen LogP contribution in [0.5, 0.6) is 5.75 Å². The van der Waals surface area contributed by atoms with Crippen molar-refractivity contribution in [2.45, 2.75) is 18.8 Å². The summed E-state index contributed by atoms with van der Waals surface area (Å²) in [5.74, 6) is 0.233. The zero-order valence-electron chi connectivity index (χ0n) is 16.1. The molecule has 1 amide bonds. The highest BCUT2D eigenvalue weighted by Crippen LogP contribution is 2.35. The van der Waals surface area contributed by atoms with Crippen molar-refractivity contribution in [3.8, 4) is 17.0 Å². The van der Waals surface area contributed by atoms with Gasteiger partial charge in [0.2, 0.25) is 0 Å². The van der Waals surface area contributed by atoms with Crippen LogP contribution in [0.25, 0.3) is 11.3 Å². The number of thiazole rings is 1. The van der Waals surface area contributed by atoms with E-state index in [1.807, 2.05) is 10.3 Å². The van der Waals surface area contributed by atoms with Crippen LogP contribution >= 0.6 is 45.5 Å². The van der Waals surface area contributed by atoms with Crippen molar-refractivity contribution in [3.05, 3.63) is 71.1 Å². The number of amides is 1. The summed E-state index contributed by atoms with van der Waals surface area (Å²) in [4.78, 5) is 30.0. The average molecular weight is 570 g/mol. The van der Waals surface area contributed by atoms with Gasteiger partial charge in [0.25, 0.3) is 11.6 Å². The molecule has 160 valence electrons. The Balaban J connectivity index is 1.45. The van der Waals surface area contributed by atoms with E-state index in [1.54, 1.807) is 18.2 Å². The van der Waals surface area contributed by atoms with E-state index in [4.69, 9.17) is 16.6 Å². The van der Waals surface area contributed by atoms with Gasteiger partial charge >= 0.3 is 0 Å². The molecule has 4 rings (SSSR count). The third-order valence-corrected chi connectivity index (χ3v) is 7.54. The number of carbonyl (C=O) groups excluding carboxylic acids is 1. The summed E-state index contributed by atoms with van der Waals surface area (Å²) in [5, 5.41) is 23.8. The summed E-state index contributed by atoms with van der Waals surface area (Å²) in [6.07, 6.45) is 1.57. The molecule has 1 saturated heterocycles. The van der Waals surface area contributed by atoms with Crippen LogP contribution in [0, 0.1) is 13.7 Å². The van der Waals surface area contributed by atoms with Gasteiger partial charge in [-0.1, -0.05) is 17.7 Å². The third-order valence-electron chi connectivity index (χ3n) is 5.27. The van der Waals surface area contributed by atoms with Crippen LogP contribution in [0.15, 0.2) is 41.8 Å². The first-order valence-corrected chi connectivity index (χ1v) is 11.8. The summed E-state index contributed by atoms with van der Waals surface area (Å²) >= 11 is 9.53. The number of halogens is 2. The number of hydrogen-bond acceptors (Lipinski definition) is 6. The van der Waals surface area contributed by atoms with Crippen LogP contribution in [-0.4, -0.2) is 38.9 Å². The van der Waals surface area contributed by atoms with E-state index >= 15 is 0 Å². The molecule has 0 spiro atoms. The van der Waals surface area contributed by atoms with Gasteiger partial charge in [-0.2, -0.15) is 0 Å². The first-order chi connectivity index (χ1) is 14.8. The highest BCUT2D eigenvalue weighted by atomic mass is 127. The van der Waals surface area contributed by atoms with Crippen molar-refractivity contribution >= 4 is 57.1 Å². The number of piperidine rings is 1. The minimum absolute atomic E-state index is 0.0768. The van der Waals surface area contributed by atoms with E-state index in [-0.39, 0.29) is 28.3 Å². The van der Waals surface area contributed by atoms with E-state index in [2.05, 4.69) is 22.6 Å². The van der Waals surface area contributed by atoms with Crippen molar-refractivity contribution in [1.29, 1.82) is 0 Å². The normalized spacial score (nSPS) is 14.6. The van der Waals surface area contributed by atoms with Crippen LogP contribution in [0.3, 0.4) is 0 Å². The number of likely N-dealkylation sites (tertiary alicyclic amines) is 1. The summed E-state index contributed by atoms with van der Waals surface area (Å²) in [6.45, 7) is 1.22. The molecule has 7 nitrogen and oxygen atoms in total. The van der Waals surface area contributed by atoms with E-state index in [0.717, 1.165) is 21.4 Å². The van der Waals surface area contributed by atoms with Crippen molar-refractivity contribution in [1.82, 2.24) is 9.88 Å². The molecule has 31 heavy (non-hydrogen) atoms. The smallest absolute Gasteiger partial charge is 0.288 e. The first kappa shape index (κ1) is 22.0. The van der Waals surface area contributed by atoms with Gasteiger partial charge in [0.15, 0.2) is 0 Å². The highest BCUT2D eigenvalue weighted by molar-refractivity contribution is 14.1. The van der Waals surface area contributed by atoms with Crippen molar-refractivity contribution in [2.24, 2.45) is 0 Å². The van der Waals surface area contributed by atoms with E-state index in [1.165, 1.54) is 29.5 Å². The summed E-state index contributed by atoms with van der Waals surface area (Å²) in [6, 6.07) is 9.50. The molecule has 10 heteroatoms. The second kappa shape index (κ2) is 9.09. The number of phenolic OH excluding ortho intramolecular Hbond substituents is 1. The molecule has 0 aliphatic carbocycles. The van der Waals surface area contributed by atoms with Crippen LogP contribution in [0.2, 0.25) is 5.02 Å². The Labute approximate surface area is 201 Å². The SMILES string of the molecule is O=C(c1cc(O)ccc1I)N1CCC(c2nc(-c3ccc(Cl)c([N+](=O)[O-])c3)cs2)CC1. The molecular formula is C21H17ClIN3O4S. The van der Waals surface area contributed by atoms with Crippen LogP contribution < -0.4 is 0 Å². The lowest BCUT2D eigenvalue weighted by atomic mass is 9.97. The molecule has 2 aromatic carbocycles. The zero-order valence-corrected chi connectivity index (χ0v) is 19.9. The van der Waals surface area contributed by atoms with Gasteiger partial charge in [-0.15, -0.1) is 11.3 Å². The number of benzene rings is 2. The van der Waals surface area contributed by atoms with Gasteiger partial charge in [0.05, 0.1) is 21.2 Å². The molecule has 0 unspecified atom stereocenters. The Hall–Kier alpha value is -2.24. The Bertz CT molecular complexity index is 1160. The topological polar surface area (TPSA) is 96.6 Å². The largest absolute Gasteiger partial charge is 0.508 e. The summed E-state index contributed by atoms with van der Waals surface area (Å²) < 4.78 is 0.809. The minimum Gasteiger partial charge on any atom is -0.508 e. The number of hydrogen-bond donors (Lipinski definition) is 1. The molecule has 3 aromatic rings. The van der Waals surface area contributed by atoms with Crippen molar-refractivity contribution in [3.63, 3.8) is 0 Å². The molecule has 0 atom stereocenters. The highest BCUT2D eigenvalue weighted by Gasteiger charge is 2.27. The lowest BCUT2D eigenvalue weighted by Gasteiger charge is -2.31. The second-order valence-electron chi connectivity index (χ2n) is 7.22. The standard InChI is InChI=1S/C21H17ClIN3O4S/c22-16-3-1-13(9-19(16)26(29)30)18-11-31-20(24-18)12-5-7-25(8-6-12)21(28)15-10-14(27)2-4-17(15)23/h1-4,9-12,27H,5-8H2. The molecule has 1 N–H and O–H groups in total. The lowest BCUT2D eigenvalue weighted by Crippen LogP contribution is -2.38. The number of nitrogens with zero attached hydrogens (tertiary/aromatic N) is 3. The Kier molecular flexibility index (Phi) is 6.44. The number of rotatable bonds is 4. The monoisotopic (exact) mass is 569 g/mol. The number of aromatic hydroxyl groups is 1. The molecule has 0 saturated carbocycles. The maximum absolute atomic E-state index is 12.9. The summed E-state index contributed by atoms with van der Waals surface area (Å²) in [7, 11) is 0. The van der Waals surface area contributed by atoms with Gasteiger partial charge in [0, 0.05) is 39.6 Å². The molecule has 0 bridgehead atoms. The number of nitro benzene ring substituents is 1. The van der Waals surface area contributed by atoms with Crippen molar-refractivity contribution < 1.29 is 14.8 Å². The number of carbonyl (C=O) groups is 1. The fourth-order valence-corrected chi connectivity index (χ4v) is 5.35. The fourth-order valence-electron chi connectivity index (χ4n) is 3.60.